The summed E-state index contributed by atoms with van der Waals surface area (Å²) in [7, 11) is 0. The van der Waals surface area contributed by atoms with Crippen LogP contribution in [-0.2, 0) is 0 Å². The molecule has 3 fully saturated rings. The van der Waals surface area contributed by atoms with E-state index in [0.29, 0.717) is 11.3 Å². The number of anilines is 1. The third-order valence-electron chi connectivity index (χ3n) is 6.26. The van der Waals surface area contributed by atoms with Crippen LogP contribution in [0.25, 0.3) is 0 Å². The predicted molar refractivity (Wildman–Crippen MR) is 92.7 cm³/mol. The van der Waals surface area contributed by atoms with Gasteiger partial charge in [-0.1, -0.05) is 31.0 Å². The summed E-state index contributed by atoms with van der Waals surface area (Å²) < 4.78 is 0. The van der Waals surface area contributed by atoms with E-state index in [1.165, 1.54) is 50.9 Å². The first kappa shape index (κ1) is 14.5. The molecule has 2 saturated heterocycles. The Morgan fingerprint density at radius 3 is 2.50 bits per heavy atom. The van der Waals surface area contributed by atoms with Gasteiger partial charge in [-0.2, -0.15) is 0 Å². The molecule has 3 heteroatoms. The minimum atomic E-state index is 0.579. The zero-order valence-electron chi connectivity index (χ0n) is 13.6. The Morgan fingerprint density at radius 2 is 1.68 bits per heavy atom. The Morgan fingerprint density at radius 1 is 0.909 bits per heavy atom. The molecule has 120 valence electrons. The van der Waals surface area contributed by atoms with Gasteiger partial charge in [-0.25, -0.2) is 0 Å². The Kier molecular flexibility index (Phi) is 4.10. The molecule has 0 bridgehead atoms. The van der Waals surface area contributed by atoms with Gasteiger partial charge in [0.15, 0.2) is 0 Å². The van der Waals surface area contributed by atoms with Crippen molar-refractivity contribution in [3.8, 4) is 0 Å². The standard InChI is InChI=1S/C19H29N3/c1-2-6-18(22-13-11-20-12-14-22)16(5-1)17-15-21-10-9-19(17)7-3-4-8-19/h1-2,5-6,17,20-21H,3-4,7-15H2. The molecule has 1 saturated carbocycles. The van der Waals surface area contributed by atoms with E-state index < -0.39 is 0 Å². The highest BCUT2D eigenvalue weighted by Crippen LogP contribution is 2.53. The van der Waals surface area contributed by atoms with E-state index in [9.17, 15) is 0 Å². The lowest BCUT2D eigenvalue weighted by Crippen LogP contribution is -2.46. The molecule has 3 aliphatic rings. The maximum Gasteiger partial charge on any atom is 0.0403 e. The van der Waals surface area contributed by atoms with E-state index in [-0.39, 0.29) is 0 Å². The number of para-hydroxylation sites is 1. The van der Waals surface area contributed by atoms with Crippen LogP contribution in [0.2, 0.25) is 0 Å². The highest BCUT2D eigenvalue weighted by Gasteiger charge is 2.44. The summed E-state index contributed by atoms with van der Waals surface area (Å²) in [6.07, 6.45) is 7.12. The monoisotopic (exact) mass is 299 g/mol. The zero-order chi connectivity index (χ0) is 14.8. The van der Waals surface area contributed by atoms with Crippen LogP contribution in [0.5, 0.6) is 0 Å². The largest absolute Gasteiger partial charge is 0.369 e. The van der Waals surface area contributed by atoms with E-state index in [4.69, 9.17) is 0 Å². The fourth-order valence-corrected chi connectivity index (χ4v) is 5.07. The fraction of sp³-hybridized carbons (Fsp3) is 0.684. The second-order valence-corrected chi connectivity index (χ2v) is 7.37. The van der Waals surface area contributed by atoms with Crippen molar-refractivity contribution >= 4 is 5.69 Å². The third-order valence-corrected chi connectivity index (χ3v) is 6.26. The molecule has 1 aromatic rings. The van der Waals surface area contributed by atoms with Crippen LogP contribution in [0.4, 0.5) is 5.69 Å². The SMILES string of the molecule is c1ccc(N2CCNCC2)c(C2CNCCC23CCCC3)c1. The van der Waals surface area contributed by atoms with Gasteiger partial charge < -0.3 is 15.5 Å². The van der Waals surface area contributed by atoms with Crippen molar-refractivity contribution in [2.75, 3.05) is 44.2 Å². The fourth-order valence-electron chi connectivity index (χ4n) is 5.07. The molecule has 1 atom stereocenters. The van der Waals surface area contributed by atoms with Crippen LogP contribution >= 0.6 is 0 Å². The number of piperidine rings is 1. The molecule has 0 aromatic heterocycles. The number of hydrogen-bond acceptors (Lipinski definition) is 3. The van der Waals surface area contributed by atoms with Crippen LogP contribution in [-0.4, -0.2) is 39.3 Å². The lowest BCUT2D eigenvalue weighted by molar-refractivity contribution is 0.170. The molecule has 0 radical (unpaired) electrons. The van der Waals surface area contributed by atoms with Gasteiger partial charge >= 0.3 is 0 Å². The predicted octanol–water partition coefficient (Wildman–Crippen LogP) is 2.73. The maximum atomic E-state index is 3.68. The first-order chi connectivity index (χ1) is 10.9. The van der Waals surface area contributed by atoms with E-state index in [2.05, 4.69) is 39.8 Å². The van der Waals surface area contributed by atoms with Crippen LogP contribution in [0.3, 0.4) is 0 Å². The van der Waals surface area contributed by atoms with Crippen molar-refractivity contribution in [3.63, 3.8) is 0 Å². The van der Waals surface area contributed by atoms with E-state index in [0.717, 1.165) is 26.2 Å². The molecule has 1 spiro atoms. The Balaban J connectivity index is 1.68. The molecule has 2 N–H and O–H groups in total. The van der Waals surface area contributed by atoms with Gasteiger partial charge in [0.1, 0.15) is 0 Å². The normalized spacial score (nSPS) is 28.2. The number of benzene rings is 1. The quantitative estimate of drug-likeness (QED) is 0.879. The minimum absolute atomic E-state index is 0.579. The summed E-state index contributed by atoms with van der Waals surface area (Å²) in [5.74, 6) is 0.704. The Bertz CT molecular complexity index is 501. The summed E-state index contributed by atoms with van der Waals surface area (Å²) in [6.45, 7) is 6.90. The molecule has 4 rings (SSSR count). The molecule has 2 aliphatic heterocycles. The van der Waals surface area contributed by atoms with E-state index in [1.807, 2.05) is 0 Å². The highest BCUT2D eigenvalue weighted by molar-refractivity contribution is 5.56. The van der Waals surface area contributed by atoms with Crippen molar-refractivity contribution in [2.24, 2.45) is 5.41 Å². The molecule has 1 unspecified atom stereocenters. The van der Waals surface area contributed by atoms with Gasteiger partial charge in [0.2, 0.25) is 0 Å². The maximum absolute atomic E-state index is 3.68. The highest BCUT2D eigenvalue weighted by atomic mass is 15.2. The van der Waals surface area contributed by atoms with Gasteiger partial charge in [-0.15, -0.1) is 0 Å². The minimum Gasteiger partial charge on any atom is -0.369 e. The molecule has 3 nitrogen and oxygen atoms in total. The average molecular weight is 299 g/mol. The van der Waals surface area contributed by atoms with Crippen LogP contribution in [0, 0.1) is 5.41 Å². The molecule has 1 aromatic carbocycles. The molecule has 0 amide bonds. The zero-order valence-corrected chi connectivity index (χ0v) is 13.6. The average Bonchev–Trinajstić information content (AvgIpc) is 3.05. The van der Waals surface area contributed by atoms with Crippen LogP contribution in [0.15, 0.2) is 24.3 Å². The Hall–Kier alpha value is -1.06. The lowest BCUT2D eigenvalue weighted by atomic mass is 9.66. The van der Waals surface area contributed by atoms with Crippen molar-refractivity contribution in [3.05, 3.63) is 29.8 Å². The Labute approximate surface area is 134 Å². The third kappa shape index (κ3) is 2.55. The summed E-state index contributed by atoms with van der Waals surface area (Å²) in [5, 5.41) is 7.16. The number of nitrogens with zero attached hydrogens (tertiary/aromatic N) is 1. The van der Waals surface area contributed by atoms with Crippen molar-refractivity contribution in [1.82, 2.24) is 10.6 Å². The van der Waals surface area contributed by atoms with Crippen LogP contribution in [0.1, 0.15) is 43.6 Å². The van der Waals surface area contributed by atoms with Gasteiger partial charge in [0, 0.05) is 44.3 Å². The van der Waals surface area contributed by atoms with Crippen LogP contribution < -0.4 is 15.5 Å². The molecule has 2 heterocycles. The number of hydrogen-bond donors (Lipinski definition) is 2. The van der Waals surface area contributed by atoms with Gasteiger partial charge in [-0.3, -0.25) is 0 Å². The van der Waals surface area contributed by atoms with Gasteiger partial charge in [0.25, 0.3) is 0 Å². The number of nitrogens with one attached hydrogen (secondary N) is 2. The van der Waals surface area contributed by atoms with Gasteiger partial charge in [0.05, 0.1) is 0 Å². The summed E-state index contributed by atoms with van der Waals surface area (Å²) in [4.78, 5) is 2.60. The first-order valence-corrected chi connectivity index (χ1v) is 9.14. The second kappa shape index (κ2) is 6.21. The number of rotatable bonds is 2. The number of piperazine rings is 1. The molecular formula is C19H29N3. The van der Waals surface area contributed by atoms with E-state index in [1.54, 1.807) is 5.56 Å². The van der Waals surface area contributed by atoms with Crippen molar-refractivity contribution in [1.29, 1.82) is 0 Å². The van der Waals surface area contributed by atoms with E-state index >= 15 is 0 Å². The molecule has 22 heavy (non-hydrogen) atoms. The first-order valence-electron chi connectivity index (χ1n) is 9.14. The topological polar surface area (TPSA) is 27.3 Å². The smallest absolute Gasteiger partial charge is 0.0403 e. The van der Waals surface area contributed by atoms with Crippen molar-refractivity contribution < 1.29 is 0 Å². The lowest BCUT2D eigenvalue weighted by Gasteiger charge is -2.44. The summed E-state index contributed by atoms with van der Waals surface area (Å²) >= 11 is 0. The van der Waals surface area contributed by atoms with Crippen molar-refractivity contribution in [2.45, 2.75) is 38.0 Å². The summed E-state index contributed by atoms with van der Waals surface area (Å²) in [6, 6.07) is 9.24. The van der Waals surface area contributed by atoms with Gasteiger partial charge in [-0.05, 0) is 42.9 Å². The molecule has 1 aliphatic carbocycles. The summed E-state index contributed by atoms with van der Waals surface area (Å²) in [5.41, 5.74) is 3.69. The molecular weight excluding hydrogens is 270 g/mol. The second-order valence-electron chi connectivity index (χ2n) is 7.37.